The van der Waals surface area contributed by atoms with Crippen molar-refractivity contribution in [2.24, 2.45) is 0 Å². The van der Waals surface area contributed by atoms with Crippen LogP contribution in [0.2, 0.25) is 0 Å². The largest absolute Gasteiger partial charge is 0.370 e. The predicted molar refractivity (Wildman–Crippen MR) is 93.7 cm³/mol. The number of ether oxygens (including phenoxy) is 1. The highest BCUT2D eigenvalue weighted by Gasteiger charge is 2.25. The summed E-state index contributed by atoms with van der Waals surface area (Å²) in [6.07, 6.45) is 1.95. The average molecular weight is 320 g/mol. The minimum atomic E-state index is -0.0368. The van der Waals surface area contributed by atoms with Gasteiger partial charge in [-0.2, -0.15) is 0 Å². The highest BCUT2D eigenvalue weighted by atomic mass is 16.5. The van der Waals surface area contributed by atoms with Gasteiger partial charge in [0.2, 0.25) is 5.91 Å². The number of para-hydroxylation sites is 1. The summed E-state index contributed by atoms with van der Waals surface area (Å²) in [6.45, 7) is 2.22. The van der Waals surface area contributed by atoms with Gasteiger partial charge in [0.25, 0.3) is 0 Å². The molecule has 0 aliphatic carbocycles. The molecule has 0 spiro atoms. The highest BCUT2D eigenvalue weighted by molar-refractivity contribution is 5.83. The van der Waals surface area contributed by atoms with Gasteiger partial charge in [0.15, 0.2) is 0 Å². The number of morpholine rings is 1. The molecule has 2 aromatic carbocycles. The zero-order valence-corrected chi connectivity index (χ0v) is 13.5. The third kappa shape index (κ3) is 2.93. The lowest BCUT2D eigenvalue weighted by Crippen LogP contribution is -2.43. The number of benzene rings is 2. The first-order valence-corrected chi connectivity index (χ1v) is 8.29. The second-order valence-corrected chi connectivity index (χ2v) is 6.11. The van der Waals surface area contributed by atoms with E-state index in [-0.39, 0.29) is 12.0 Å². The van der Waals surface area contributed by atoms with Crippen LogP contribution in [0.3, 0.4) is 0 Å². The van der Waals surface area contributed by atoms with E-state index in [4.69, 9.17) is 4.74 Å². The van der Waals surface area contributed by atoms with Crippen molar-refractivity contribution >= 4 is 16.8 Å². The molecule has 0 N–H and O–H groups in total. The fraction of sp³-hybridized carbons (Fsp3) is 0.250. The lowest BCUT2D eigenvalue weighted by Gasteiger charge is -2.33. The molecule has 4 heteroatoms. The van der Waals surface area contributed by atoms with Crippen LogP contribution in [0.15, 0.2) is 66.9 Å². The molecule has 0 radical (unpaired) electrons. The monoisotopic (exact) mass is 320 g/mol. The first-order valence-electron chi connectivity index (χ1n) is 8.29. The quantitative estimate of drug-likeness (QED) is 0.742. The Hall–Kier alpha value is -2.59. The van der Waals surface area contributed by atoms with E-state index < -0.39 is 0 Å². The Balaban J connectivity index is 1.48. The molecule has 0 unspecified atom stereocenters. The Labute approximate surface area is 141 Å². The maximum atomic E-state index is 12.7. The maximum absolute atomic E-state index is 12.7. The molecule has 0 bridgehead atoms. The van der Waals surface area contributed by atoms with Crippen LogP contribution in [0.25, 0.3) is 10.9 Å². The average Bonchev–Trinajstić information content (AvgIpc) is 3.06. The van der Waals surface area contributed by atoms with E-state index in [1.54, 1.807) is 0 Å². The first-order chi connectivity index (χ1) is 11.8. The van der Waals surface area contributed by atoms with Crippen LogP contribution < -0.4 is 0 Å². The minimum Gasteiger partial charge on any atom is -0.370 e. The smallest absolute Gasteiger partial charge is 0.242 e. The number of carbonyl (C=O) groups excluding carboxylic acids is 1. The molecule has 1 atom stereocenters. The molecule has 0 saturated carbocycles. The van der Waals surface area contributed by atoms with Crippen molar-refractivity contribution in [1.82, 2.24) is 9.47 Å². The Morgan fingerprint density at radius 1 is 1.04 bits per heavy atom. The summed E-state index contributed by atoms with van der Waals surface area (Å²) in [5.41, 5.74) is 2.22. The molecule has 1 saturated heterocycles. The van der Waals surface area contributed by atoms with Gasteiger partial charge in [0.05, 0.1) is 13.2 Å². The van der Waals surface area contributed by atoms with Crippen molar-refractivity contribution in [3.63, 3.8) is 0 Å². The van der Waals surface area contributed by atoms with Crippen molar-refractivity contribution in [2.75, 3.05) is 19.7 Å². The Morgan fingerprint density at radius 3 is 2.71 bits per heavy atom. The van der Waals surface area contributed by atoms with Gasteiger partial charge in [-0.3, -0.25) is 4.79 Å². The number of nitrogens with zero attached hydrogens (tertiary/aromatic N) is 2. The molecule has 2 heterocycles. The van der Waals surface area contributed by atoms with E-state index in [1.165, 1.54) is 0 Å². The molecule has 1 aliphatic heterocycles. The summed E-state index contributed by atoms with van der Waals surface area (Å²) in [7, 11) is 0. The molecule has 122 valence electrons. The standard InChI is InChI=1S/C20H20N2O2/c23-20(15-21-11-10-16-6-4-5-9-18(16)21)22-12-13-24-19(14-22)17-7-2-1-3-8-17/h1-11,19H,12-15H2/t19-/m0/s1. The molecule has 1 amide bonds. The maximum Gasteiger partial charge on any atom is 0.242 e. The fourth-order valence-corrected chi connectivity index (χ4v) is 3.27. The summed E-state index contributed by atoms with van der Waals surface area (Å²) >= 11 is 0. The van der Waals surface area contributed by atoms with Crippen LogP contribution in [-0.2, 0) is 16.1 Å². The number of carbonyl (C=O) groups is 1. The van der Waals surface area contributed by atoms with Crippen molar-refractivity contribution in [3.05, 3.63) is 72.4 Å². The van der Waals surface area contributed by atoms with Gasteiger partial charge in [-0.15, -0.1) is 0 Å². The van der Waals surface area contributed by atoms with Gasteiger partial charge < -0.3 is 14.2 Å². The first kappa shape index (κ1) is 15.0. The number of hydrogen-bond acceptors (Lipinski definition) is 2. The topological polar surface area (TPSA) is 34.5 Å². The van der Waals surface area contributed by atoms with Crippen molar-refractivity contribution in [2.45, 2.75) is 12.6 Å². The van der Waals surface area contributed by atoms with Gasteiger partial charge in [0.1, 0.15) is 12.6 Å². The summed E-state index contributed by atoms with van der Waals surface area (Å²) in [4.78, 5) is 14.6. The molecular formula is C20H20N2O2. The number of aromatic nitrogens is 1. The van der Waals surface area contributed by atoms with E-state index in [2.05, 4.69) is 30.3 Å². The van der Waals surface area contributed by atoms with E-state index >= 15 is 0 Å². The van der Waals surface area contributed by atoms with E-state index in [0.29, 0.717) is 26.2 Å². The molecule has 4 nitrogen and oxygen atoms in total. The zero-order valence-electron chi connectivity index (χ0n) is 13.5. The third-order valence-electron chi connectivity index (χ3n) is 4.58. The van der Waals surface area contributed by atoms with Crippen molar-refractivity contribution in [3.8, 4) is 0 Å². The van der Waals surface area contributed by atoms with Crippen LogP contribution in [-0.4, -0.2) is 35.1 Å². The fourth-order valence-electron chi connectivity index (χ4n) is 3.27. The third-order valence-corrected chi connectivity index (χ3v) is 4.58. The van der Waals surface area contributed by atoms with Crippen LogP contribution in [0, 0.1) is 0 Å². The van der Waals surface area contributed by atoms with Crippen molar-refractivity contribution in [1.29, 1.82) is 0 Å². The zero-order chi connectivity index (χ0) is 16.4. The Kier molecular flexibility index (Phi) is 4.05. The number of amides is 1. The lowest BCUT2D eigenvalue weighted by molar-refractivity contribution is -0.139. The van der Waals surface area contributed by atoms with Gasteiger partial charge in [0, 0.05) is 18.3 Å². The minimum absolute atomic E-state index is 0.0368. The van der Waals surface area contributed by atoms with Gasteiger partial charge >= 0.3 is 0 Å². The summed E-state index contributed by atoms with van der Waals surface area (Å²) in [6, 6.07) is 20.3. The Morgan fingerprint density at radius 2 is 1.83 bits per heavy atom. The molecule has 1 aliphatic rings. The molecule has 4 rings (SSSR count). The van der Waals surface area contributed by atoms with Crippen LogP contribution in [0.4, 0.5) is 0 Å². The second-order valence-electron chi connectivity index (χ2n) is 6.11. The van der Waals surface area contributed by atoms with E-state index in [1.807, 2.05) is 46.0 Å². The normalized spacial score (nSPS) is 18.0. The van der Waals surface area contributed by atoms with Crippen LogP contribution in [0.1, 0.15) is 11.7 Å². The Bertz CT molecular complexity index is 841. The molecule has 3 aromatic rings. The number of rotatable bonds is 3. The molecule has 1 aromatic heterocycles. The van der Waals surface area contributed by atoms with E-state index in [0.717, 1.165) is 16.5 Å². The second kappa shape index (κ2) is 6.49. The molecule has 24 heavy (non-hydrogen) atoms. The van der Waals surface area contributed by atoms with Gasteiger partial charge in [-0.1, -0.05) is 48.5 Å². The summed E-state index contributed by atoms with van der Waals surface area (Å²) in [5.74, 6) is 0.139. The van der Waals surface area contributed by atoms with Gasteiger partial charge in [-0.25, -0.2) is 0 Å². The van der Waals surface area contributed by atoms with Crippen LogP contribution >= 0.6 is 0 Å². The van der Waals surface area contributed by atoms with Gasteiger partial charge in [-0.05, 0) is 23.1 Å². The van der Waals surface area contributed by atoms with Crippen molar-refractivity contribution < 1.29 is 9.53 Å². The molecular weight excluding hydrogens is 300 g/mol. The number of hydrogen-bond donors (Lipinski definition) is 0. The lowest BCUT2D eigenvalue weighted by atomic mass is 10.1. The predicted octanol–water partition coefficient (Wildman–Crippen LogP) is 3.24. The SMILES string of the molecule is O=C(Cn1ccc2ccccc21)N1CCO[C@H](c2ccccc2)C1. The summed E-state index contributed by atoms with van der Waals surface area (Å²) < 4.78 is 7.87. The highest BCUT2D eigenvalue weighted by Crippen LogP contribution is 2.22. The van der Waals surface area contributed by atoms with Crippen LogP contribution in [0.5, 0.6) is 0 Å². The summed E-state index contributed by atoms with van der Waals surface area (Å²) in [5, 5.41) is 1.16. The number of fused-ring (bicyclic) bond motifs is 1. The molecule has 1 fully saturated rings. The van der Waals surface area contributed by atoms with E-state index in [9.17, 15) is 4.79 Å².